The highest BCUT2D eigenvalue weighted by Crippen LogP contribution is 2.30. The van der Waals surface area contributed by atoms with Gasteiger partial charge in [0.25, 0.3) is 11.8 Å². The highest BCUT2D eigenvalue weighted by Gasteiger charge is 2.36. The maximum absolute atomic E-state index is 12.4. The molecule has 0 bridgehead atoms. The first-order valence-corrected chi connectivity index (χ1v) is 7.43. The van der Waals surface area contributed by atoms with E-state index in [1.165, 1.54) is 4.90 Å². The summed E-state index contributed by atoms with van der Waals surface area (Å²) in [6, 6.07) is 14.0. The highest BCUT2D eigenvalue weighted by molar-refractivity contribution is 6.34. The molecule has 0 N–H and O–H groups in total. The number of imide groups is 1. The third-order valence-corrected chi connectivity index (χ3v) is 3.64. The zero-order valence-corrected chi connectivity index (χ0v) is 12.4. The van der Waals surface area contributed by atoms with Crippen molar-refractivity contribution in [2.24, 2.45) is 0 Å². The topological polar surface area (TPSA) is 46.6 Å². The molecule has 2 aromatic rings. The summed E-state index contributed by atoms with van der Waals surface area (Å²) in [5.41, 5.74) is 1.44. The minimum atomic E-state index is -0.286. The molecule has 112 valence electrons. The van der Waals surface area contributed by atoms with Gasteiger partial charge in [0.1, 0.15) is 5.75 Å². The van der Waals surface area contributed by atoms with Gasteiger partial charge in [-0.15, -0.1) is 0 Å². The molecule has 1 aliphatic heterocycles. The van der Waals surface area contributed by atoms with Crippen LogP contribution in [0.5, 0.6) is 5.75 Å². The van der Waals surface area contributed by atoms with Gasteiger partial charge in [-0.1, -0.05) is 31.5 Å². The fourth-order valence-electron chi connectivity index (χ4n) is 2.47. The highest BCUT2D eigenvalue weighted by atomic mass is 16.5. The fraction of sp³-hybridized carbons (Fsp3) is 0.222. The van der Waals surface area contributed by atoms with Crippen molar-refractivity contribution >= 4 is 17.5 Å². The van der Waals surface area contributed by atoms with Gasteiger partial charge in [-0.25, -0.2) is 4.90 Å². The fourth-order valence-corrected chi connectivity index (χ4v) is 2.47. The molecular formula is C18H17NO3. The van der Waals surface area contributed by atoms with Gasteiger partial charge in [-0.2, -0.15) is 0 Å². The molecule has 0 aromatic heterocycles. The molecule has 4 heteroatoms. The van der Waals surface area contributed by atoms with Gasteiger partial charge in [0.05, 0.1) is 23.4 Å². The molecule has 0 spiro atoms. The summed E-state index contributed by atoms with van der Waals surface area (Å²) in [5, 5.41) is 0. The summed E-state index contributed by atoms with van der Waals surface area (Å²) in [6.45, 7) is 2.72. The Morgan fingerprint density at radius 1 is 0.955 bits per heavy atom. The monoisotopic (exact) mass is 295 g/mol. The molecule has 1 heterocycles. The van der Waals surface area contributed by atoms with Gasteiger partial charge in [0.15, 0.2) is 0 Å². The van der Waals surface area contributed by atoms with E-state index >= 15 is 0 Å². The van der Waals surface area contributed by atoms with Gasteiger partial charge >= 0.3 is 0 Å². The van der Waals surface area contributed by atoms with Gasteiger partial charge in [-0.05, 0) is 30.7 Å². The van der Waals surface area contributed by atoms with Crippen molar-refractivity contribution in [2.75, 3.05) is 11.5 Å². The molecule has 0 unspecified atom stereocenters. The second-order valence-corrected chi connectivity index (χ2v) is 5.19. The lowest BCUT2D eigenvalue weighted by molar-refractivity contribution is 0.0926. The van der Waals surface area contributed by atoms with E-state index in [9.17, 15) is 9.59 Å². The largest absolute Gasteiger partial charge is 0.494 e. The Morgan fingerprint density at radius 3 is 2.27 bits per heavy atom. The molecule has 0 saturated carbocycles. The zero-order valence-electron chi connectivity index (χ0n) is 12.4. The number of ether oxygens (including phenoxy) is 1. The number of benzene rings is 2. The predicted octanol–water partition coefficient (Wildman–Crippen LogP) is 3.67. The van der Waals surface area contributed by atoms with Crippen molar-refractivity contribution in [3.05, 3.63) is 59.7 Å². The van der Waals surface area contributed by atoms with Crippen molar-refractivity contribution in [1.29, 1.82) is 0 Å². The molecule has 2 aromatic carbocycles. The van der Waals surface area contributed by atoms with Crippen LogP contribution in [-0.4, -0.2) is 18.4 Å². The Bertz CT molecular complexity index is 689. The molecule has 4 nitrogen and oxygen atoms in total. The number of carbonyl (C=O) groups excluding carboxylic acids is 2. The van der Waals surface area contributed by atoms with Crippen molar-refractivity contribution in [1.82, 2.24) is 0 Å². The number of hydrogen-bond acceptors (Lipinski definition) is 3. The summed E-state index contributed by atoms with van der Waals surface area (Å²) in [4.78, 5) is 26.1. The minimum Gasteiger partial charge on any atom is -0.494 e. The van der Waals surface area contributed by atoms with Crippen molar-refractivity contribution in [3.63, 3.8) is 0 Å². The Hall–Kier alpha value is -2.62. The molecule has 0 saturated heterocycles. The van der Waals surface area contributed by atoms with E-state index in [-0.39, 0.29) is 11.8 Å². The van der Waals surface area contributed by atoms with Crippen LogP contribution in [0.15, 0.2) is 48.5 Å². The number of amides is 2. The van der Waals surface area contributed by atoms with Crippen molar-refractivity contribution < 1.29 is 14.3 Å². The van der Waals surface area contributed by atoms with Gasteiger partial charge in [0.2, 0.25) is 0 Å². The van der Waals surface area contributed by atoms with E-state index in [1.54, 1.807) is 42.5 Å². The summed E-state index contributed by atoms with van der Waals surface area (Å²) in [7, 11) is 0. The smallest absolute Gasteiger partial charge is 0.266 e. The first-order valence-electron chi connectivity index (χ1n) is 7.43. The average Bonchev–Trinajstić information content (AvgIpc) is 2.80. The Labute approximate surface area is 129 Å². The molecule has 2 amide bonds. The second-order valence-electron chi connectivity index (χ2n) is 5.19. The Morgan fingerprint density at radius 2 is 1.64 bits per heavy atom. The van der Waals surface area contributed by atoms with Crippen LogP contribution in [0.4, 0.5) is 5.69 Å². The minimum absolute atomic E-state index is 0.286. The zero-order chi connectivity index (χ0) is 15.5. The van der Waals surface area contributed by atoms with Gasteiger partial charge < -0.3 is 4.74 Å². The van der Waals surface area contributed by atoms with Crippen LogP contribution in [0.1, 0.15) is 40.5 Å². The Balaban J connectivity index is 1.88. The molecule has 0 atom stereocenters. The van der Waals surface area contributed by atoms with Crippen LogP contribution in [0.2, 0.25) is 0 Å². The summed E-state index contributed by atoms with van der Waals surface area (Å²) in [6.07, 6.45) is 2.02. The van der Waals surface area contributed by atoms with Crippen LogP contribution in [-0.2, 0) is 0 Å². The van der Waals surface area contributed by atoms with Crippen LogP contribution in [0, 0.1) is 0 Å². The van der Waals surface area contributed by atoms with Crippen molar-refractivity contribution in [2.45, 2.75) is 19.8 Å². The third kappa shape index (κ3) is 2.48. The van der Waals surface area contributed by atoms with Crippen LogP contribution < -0.4 is 9.64 Å². The Kier molecular flexibility index (Phi) is 3.92. The number of unbranched alkanes of at least 4 members (excludes halogenated alkanes) is 1. The molecule has 0 radical (unpaired) electrons. The lowest BCUT2D eigenvalue weighted by Gasteiger charge is -2.15. The first kappa shape index (κ1) is 14.3. The number of fused-ring (bicyclic) bond motifs is 1. The first-order chi connectivity index (χ1) is 10.7. The van der Waals surface area contributed by atoms with E-state index in [1.807, 2.05) is 6.07 Å². The van der Waals surface area contributed by atoms with Crippen LogP contribution in [0.3, 0.4) is 0 Å². The molecule has 0 fully saturated rings. The SMILES string of the molecule is CCCCOc1cccc(N2C(=O)c3ccccc3C2=O)c1. The number of hydrogen-bond donors (Lipinski definition) is 0. The third-order valence-electron chi connectivity index (χ3n) is 3.64. The molecule has 22 heavy (non-hydrogen) atoms. The molecule has 3 rings (SSSR count). The molecular weight excluding hydrogens is 278 g/mol. The summed E-state index contributed by atoms with van der Waals surface area (Å²) in [5.74, 6) is 0.0973. The number of carbonyl (C=O) groups is 2. The normalized spacial score (nSPS) is 13.4. The second kappa shape index (κ2) is 6.02. The predicted molar refractivity (Wildman–Crippen MR) is 84.4 cm³/mol. The maximum atomic E-state index is 12.4. The summed E-state index contributed by atoms with van der Waals surface area (Å²) < 4.78 is 5.64. The number of rotatable bonds is 5. The lowest BCUT2D eigenvalue weighted by Crippen LogP contribution is -2.29. The van der Waals surface area contributed by atoms with E-state index in [2.05, 4.69) is 6.92 Å². The standard InChI is InChI=1S/C18H17NO3/c1-2-3-11-22-14-8-6-7-13(12-14)19-17(20)15-9-4-5-10-16(15)18(19)21/h4-10,12H,2-3,11H2,1H3. The van der Waals surface area contributed by atoms with Gasteiger partial charge in [-0.3, -0.25) is 9.59 Å². The van der Waals surface area contributed by atoms with E-state index in [0.29, 0.717) is 29.2 Å². The quantitative estimate of drug-likeness (QED) is 0.624. The molecule has 1 aliphatic rings. The maximum Gasteiger partial charge on any atom is 0.266 e. The number of nitrogens with zero attached hydrogens (tertiary/aromatic N) is 1. The lowest BCUT2D eigenvalue weighted by atomic mass is 10.1. The van der Waals surface area contributed by atoms with Crippen LogP contribution in [0.25, 0.3) is 0 Å². The van der Waals surface area contributed by atoms with Crippen LogP contribution >= 0.6 is 0 Å². The van der Waals surface area contributed by atoms with E-state index in [4.69, 9.17) is 4.74 Å². The molecule has 0 aliphatic carbocycles. The average molecular weight is 295 g/mol. The van der Waals surface area contributed by atoms with Crippen molar-refractivity contribution in [3.8, 4) is 5.75 Å². The summed E-state index contributed by atoms with van der Waals surface area (Å²) >= 11 is 0. The van der Waals surface area contributed by atoms with E-state index < -0.39 is 0 Å². The van der Waals surface area contributed by atoms with Gasteiger partial charge in [0, 0.05) is 6.07 Å². The number of anilines is 1. The van der Waals surface area contributed by atoms with E-state index in [0.717, 1.165) is 12.8 Å².